The fourth-order valence-electron chi connectivity index (χ4n) is 1.39. The van der Waals surface area contributed by atoms with E-state index in [1.54, 1.807) is 31.2 Å². The van der Waals surface area contributed by atoms with Crippen molar-refractivity contribution in [3.63, 3.8) is 0 Å². The first-order valence-electron chi connectivity index (χ1n) is 5.25. The van der Waals surface area contributed by atoms with E-state index in [-0.39, 0.29) is 0 Å². The van der Waals surface area contributed by atoms with Crippen LogP contribution in [0.1, 0.15) is 12.5 Å². The van der Waals surface area contributed by atoms with Crippen molar-refractivity contribution in [3.8, 4) is 0 Å². The highest BCUT2D eigenvalue weighted by molar-refractivity contribution is 5.76. The van der Waals surface area contributed by atoms with Gasteiger partial charge in [-0.1, -0.05) is 0 Å². The standard InChI is InChI=1S/C12H13NO4/c1-2-15-11(14)12-16-7-10(17-12)8-3-5-9(13)6-4-8/h3-7,12H,2,13H2,1H3. The molecule has 1 atom stereocenters. The molecule has 2 rings (SSSR count). The molecule has 0 radical (unpaired) electrons. The number of anilines is 1. The van der Waals surface area contributed by atoms with Crippen LogP contribution in [-0.2, 0) is 19.0 Å². The number of carbonyl (C=O) groups excluding carboxylic acids is 1. The van der Waals surface area contributed by atoms with Gasteiger partial charge in [0.15, 0.2) is 5.76 Å². The predicted octanol–water partition coefficient (Wildman–Crippen LogP) is 1.50. The molecule has 1 aromatic rings. The van der Waals surface area contributed by atoms with Gasteiger partial charge in [-0.25, -0.2) is 4.79 Å². The molecule has 5 heteroatoms. The first-order chi connectivity index (χ1) is 8.20. The van der Waals surface area contributed by atoms with Crippen LogP contribution in [0.2, 0.25) is 0 Å². The second kappa shape index (κ2) is 4.78. The fourth-order valence-corrected chi connectivity index (χ4v) is 1.39. The van der Waals surface area contributed by atoms with E-state index >= 15 is 0 Å². The number of nitrogens with two attached hydrogens (primary N) is 1. The molecule has 1 aliphatic rings. The molecule has 0 amide bonds. The topological polar surface area (TPSA) is 70.8 Å². The minimum absolute atomic E-state index is 0.291. The highest BCUT2D eigenvalue weighted by atomic mass is 16.7. The van der Waals surface area contributed by atoms with Gasteiger partial charge in [-0.3, -0.25) is 0 Å². The summed E-state index contributed by atoms with van der Waals surface area (Å²) in [5.41, 5.74) is 7.03. The first-order valence-corrected chi connectivity index (χ1v) is 5.25. The molecule has 2 N–H and O–H groups in total. The van der Waals surface area contributed by atoms with Crippen LogP contribution in [0.3, 0.4) is 0 Å². The van der Waals surface area contributed by atoms with E-state index in [9.17, 15) is 4.79 Å². The Kier molecular flexibility index (Phi) is 3.18. The van der Waals surface area contributed by atoms with Gasteiger partial charge < -0.3 is 19.9 Å². The fraction of sp³-hybridized carbons (Fsp3) is 0.250. The van der Waals surface area contributed by atoms with Crippen LogP contribution >= 0.6 is 0 Å². The Bertz CT molecular complexity index is 438. The third-order valence-corrected chi connectivity index (χ3v) is 2.21. The Balaban J connectivity index is 2.02. The van der Waals surface area contributed by atoms with E-state index in [2.05, 4.69) is 0 Å². The van der Waals surface area contributed by atoms with Crippen molar-refractivity contribution >= 4 is 17.4 Å². The average Bonchev–Trinajstić information content (AvgIpc) is 2.80. The second-order valence-electron chi connectivity index (χ2n) is 3.44. The molecular formula is C12H13NO4. The number of carbonyl (C=O) groups is 1. The van der Waals surface area contributed by atoms with Crippen LogP contribution in [0.5, 0.6) is 0 Å². The quantitative estimate of drug-likeness (QED) is 0.635. The van der Waals surface area contributed by atoms with E-state index in [1.165, 1.54) is 6.26 Å². The molecule has 0 bridgehead atoms. The summed E-state index contributed by atoms with van der Waals surface area (Å²) in [4.78, 5) is 11.4. The monoisotopic (exact) mass is 235 g/mol. The minimum atomic E-state index is -1.01. The van der Waals surface area contributed by atoms with Crippen molar-refractivity contribution in [2.45, 2.75) is 13.2 Å². The highest BCUT2D eigenvalue weighted by Crippen LogP contribution is 2.25. The van der Waals surface area contributed by atoms with Crippen molar-refractivity contribution < 1.29 is 19.0 Å². The van der Waals surface area contributed by atoms with Crippen molar-refractivity contribution in [2.75, 3.05) is 12.3 Å². The molecule has 1 unspecified atom stereocenters. The van der Waals surface area contributed by atoms with Gasteiger partial charge in [-0.2, -0.15) is 0 Å². The van der Waals surface area contributed by atoms with E-state index in [0.717, 1.165) is 5.56 Å². The van der Waals surface area contributed by atoms with Gasteiger partial charge in [-0.15, -0.1) is 0 Å². The Morgan fingerprint density at radius 1 is 1.41 bits per heavy atom. The number of hydrogen-bond donors (Lipinski definition) is 1. The van der Waals surface area contributed by atoms with Crippen molar-refractivity contribution in [3.05, 3.63) is 36.1 Å². The Morgan fingerprint density at radius 3 is 2.76 bits per heavy atom. The van der Waals surface area contributed by atoms with Crippen molar-refractivity contribution in [1.29, 1.82) is 0 Å². The van der Waals surface area contributed by atoms with Crippen LogP contribution in [0, 0.1) is 0 Å². The maximum Gasteiger partial charge on any atom is 0.389 e. The van der Waals surface area contributed by atoms with Crippen LogP contribution in [0.4, 0.5) is 5.69 Å². The van der Waals surface area contributed by atoms with Gasteiger partial charge in [0, 0.05) is 11.3 Å². The average molecular weight is 235 g/mol. The lowest BCUT2D eigenvalue weighted by Gasteiger charge is -2.10. The van der Waals surface area contributed by atoms with Crippen molar-refractivity contribution in [2.24, 2.45) is 0 Å². The Labute approximate surface area is 98.8 Å². The van der Waals surface area contributed by atoms with E-state index in [4.69, 9.17) is 19.9 Å². The second-order valence-corrected chi connectivity index (χ2v) is 3.44. The van der Waals surface area contributed by atoms with Crippen LogP contribution in [0.25, 0.3) is 5.76 Å². The first kappa shape index (κ1) is 11.3. The van der Waals surface area contributed by atoms with Gasteiger partial charge in [0.2, 0.25) is 0 Å². The normalized spacial score (nSPS) is 17.9. The smallest absolute Gasteiger partial charge is 0.389 e. The van der Waals surface area contributed by atoms with E-state index in [1.807, 2.05) is 0 Å². The predicted molar refractivity (Wildman–Crippen MR) is 61.4 cm³/mol. The number of rotatable bonds is 3. The lowest BCUT2D eigenvalue weighted by molar-refractivity contribution is -0.168. The molecule has 1 heterocycles. The zero-order valence-electron chi connectivity index (χ0n) is 9.38. The molecule has 0 saturated carbocycles. The summed E-state index contributed by atoms with van der Waals surface area (Å²) in [6, 6.07) is 7.07. The zero-order chi connectivity index (χ0) is 12.3. The van der Waals surface area contributed by atoms with Crippen molar-refractivity contribution in [1.82, 2.24) is 0 Å². The summed E-state index contributed by atoms with van der Waals surface area (Å²) in [6.07, 6.45) is 0.384. The number of benzene rings is 1. The van der Waals surface area contributed by atoms with Gasteiger partial charge in [0.1, 0.15) is 6.26 Å². The molecule has 0 aromatic heterocycles. The van der Waals surface area contributed by atoms with Crippen LogP contribution in [0.15, 0.2) is 30.5 Å². The lowest BCUT2D eigenvalue weighted by Crippen LogP contribution is -2.24. The summed E-state index contributed by atoms with van der Waals surface area (Å²) in [5, 5.41) is 0. The summed E-state index contributed by atoms with van der Waals surface area (Å²) < 4.78 is 15.2. The molecule has 0 saturated heterocycles. The van der Waals surface area contributed by atoms with Crippen LogP contribution < -0.4 is 5.73 Å². The molecule has 1 aromatic carbocycles. The number of ether oxygens (including phenoxy) is 3. The van der Waals surface area contributed by atoms with Gasteiger partial charge in [-0.05, 0) is 31.2 Å². The van der Waals surface area contributed by atoms with Gasteiger partial charge >= 0.3 is 12.3 Å². The van der Waals surface area contributed by atoms with E-state index < -0.39 is 12.3 Å². The van der Waals surface area contributed by atoms with Gasteiger partial charge in [0.05, 0.1) is 6.61 Å². The lowest BCUT2D eigenvalue weighted by atomic mass is 10.2. The van der Waals surface area contributed by atoms with Gasteiger partial charge in [0.25, 0.3) is 0 Å². The molecule has 0 fully saturated rings. The highest BCUT2D eigenvalue weighted by Gasteiger charge is 2.29. The third kappa shape index (κ3) is 2.50. The third-order valence-electron chi connectivity index (χ3n) is 2.21. The zero-order valence-corrected chi connectivity index (χ0v) is 9.38. The summed E-state index contributed by atoms with van der Waals surface area (Å²) in [5.74, 6) is -0.0442. The maximum atomic E-state index is 11.4. The molecule has 1 aliphatic heterocycles. The SMILES string of the molecule is CCOC(=O)C1OC=C(c2ccc(N)cc2)O1. The summed E-state index contributed by atoms with van der Waals surface area (Å²) >= 11 is 0. The van der Waals surface area contributed by atoms with E-state index in [0.29, 0.717) is 18.1 Å². The molecular weight excluding hydrogens is 222 g/mol. The Morgan fingerprint density at radius 2 is 2.12 bits per heavy atom. The van der Waals surface area contributed by atoms with Crippen LogP contribution in [-0.4, -0.2) is 18.9 Å². The molecule has 5 nitrogen and oxygen atoms in total. The minimum Gasteiger partial charge on any atom is -0.460 e. The Hall–Kier alpha value is -2.17. The molecule has 0 aliphatic carbocycles. The summed E-state index contributed by atoms with van der Waals surface area (Å²) in [6.45, 7) is 2.01. The number of esters is 1. The molecule has 17 heavy (non-hydrogen) atoms. The number of hydrogen-bond acceptors (Lipinski definition) is 5. The largest absolute Gasteiger partial charge is 0.460 e. The molecule has 90 valence electrons. The number of nitrogen functional groups attached to an aromatic ring is 1. The maximum absolute atomic E-state index is 11.4. The molecule has 0 spiro atoms. The summed E-state index contributed by atoms with van der Waals surface area (Å²) in [7, 11) is 0.